The minimum Gasteiger partial charge on any atom is -0.493 e. The average Bonchev–Trinajstić information content (AvgIpc) is 3.03. The molecule has 0 unspecified atom stereocenters. The Labute approximate surface area is 133 Å². The lowest BCUT2D eigenvalue weighted by Gasteiger charge is -2.11. The van der Waals surface area contributed by atoms with Gasteiger partial charge >= 0.3 is 0 Å². The second-order valence-corrected chi connectivity index (χ2v) is 6.07. The van der Waals surface area contributed by atoms with Crippen LogP contribution >= 0.6 is 15.9 Å². The molecule has 5 heteroatoms. The first-order valence-electron chi connectivity index (χ1n) is 7.00. The van der Waals surface area contributed by atoms with Gasteiger partial charge in [0.2, 0.25) is 5.95 Å². The summed E-state index contributed by atoms with van der Waals surface area (Å²) in [7, 11) is 0. The van der Waals surface area contributed by atoms with Gasteiger partial charge in [-0.1, -0.05) is 22.0 Å². The van der Waals surface area contributed by atoms with Gasteiger partial charge in [0, 0.05) is 35.7 Å². The number of anilines is 1. The van der Waals surface area contributed by atoms with Crippen molar-refractivity contribution in [3.05, 3.63) is 52.3 Å². The monoisotopic (exact) mass is 347 g/mol. The van der Waals surface area contributed by atoms with E-state index in [-0.39, 0.29) is 0 Å². The van der Waals surface area contributed by atoms with Crippen LogP contribution in [-0.2, 0) is 19.5 Å². The number of rotatable bonds is 5. The summed E-state index contributed by atoms with van der Waals surface area (Å²) in [5.74, 6) is 1.88. The minimum atomic E-state index is 0.690. The number of allylic oxidation sites excluding steroid dienone is 1. The van der Waals surface area contributed by atoms with Gasteiger partial charge in [-0.15, -0.1) is 6.58 Å². The second-order valence-electron chi connectivity index (χ2n) is 5.15. The molecule has 1 N–H and O–H groups in total. The van der Waals surface area contributed by atoms with Crippen molar-refractivity contribution in [3.63, 3.8) is 0 Å². The van der Waals surface area contributed by atoms with Crippen molar-refractivity contribution in [2.45, 2.75) is 26.4 Å². The summed E-state index contributed by atoms with van der Waals surface area (Å²) in [6, 6.07) is 4.24. The van der Waals surface area contributed by atoms with Gasteiger partial charge in [-0.05, 0) is 24.6 Å². The van der Waals surface area contributed by atoms with E-state index in [4.69, 9.17) is 4.74 Å². The summed E-state index contributed by atoms with van der Waals surface area (Å²) in [5.41, 5.74) is 3.42. The SMILES string of the molecule is C=CCn1cc(C)nc1NCc1cc(Br)cc2c1OCC2. The number of nitrogens with zero attached hydrogens (tertiary/aromatic N) is 2. The highest BCUT2D eigenvalue weighted by Crippen LogP contribution is 2.33. The Kier molecular flexibility index (Phi) is 4.01. The van der Waals surface area contributed by atoms with Crippen LogP contribution in [0.15, 0.2) is 35.5 Å². The fourth-order valence-corrected chi connectivity index (χ4v) is 3.17. The second kappa shape index (κ2) is 5.93. The molecule has 110 valence electrons. The topological polar surface area (TPSA) is 39.1 Å². The van der Waals surface area contributed by atoms with Crippen molar-refractivity contribution in [2.24, 2.45) is 0 Å². The van der Waals surface area contributed by atoms with Gasteiger partial charge in [0.25, 0.3) is 0 Å². The molecule has 21 heavy (non-hydrogen) atoms. The first kappa shape index (κ1) is 14.2. The zero-order valence-corrected chi connectivity index (χ0v) is 13.6. The Morgan fingerprint density at radius 1 is 1.52 bits per heavy atom. The number of aryl methyl sites for hydroxylation is 1. The molecule has 1 aromatic heterocycles. The molecule has 1 aromatic carbocycles. The maximum atomic E-state index is 5.75. The van der Waals surface area contributed by atoms with E-state index in [1.165, 1.54) is 5.56 Å². The summed E-state index contributed by atoms with van der Waals surface area (Å²) >= 11 is 3.57. The van der Waals surface area contributed by atoms with Crippen molar-refractivity contribution in [1.82, 2.24) is 9.55 Å². The molecule has 0 saturated carbocycles. The quantitative estimate of drug-likeness (QED) is 0.838. The third kappa shape index (κ3) is 2.97. The average molecular weight is 348 g/mol. The summed E-state index contributed by atoms with van der Waals surface area (Å²) in [4.78, 5) is 4.51. The van der Waals surface area contributed by atoms with Crippen LogP contribution in [0.4, 0.5) is 5.95 Å². The van der Waals surface area contributed by atoms with Gasteiger partial charge in [-0.25, -0.2) is 4.98 Å². The van der Waals surface area contributed by atoms with Crippen molar-refractivity contribution in [2.75, 3.05) is 11.9 Å². The third-order valence-corrected chi connectivity index (χ3v) is 3.94. The molecule has 0 bridgehead atoms. The molecule has 4 nitrogen and oxygen atoms in total. The molecular weight excluding hydrogens is 330 g/mol. The first-order valence-corrected chi connectivity index (χ1v) is 7.79. The summed E-state index contributed by atoms with van der Waals surface area (Å²) in [6.45, 7) is 7.97. The van der Waals surface area contributed by atoms with Crippen molar-refractivity contribution >= 4 is 21.9 Å². The molecule has 0 saturated heterocycles. The number of hydrogen-bond acceptors (Lipinski definition) is 3. The molecule has 0 fully saturated rings. The molecule has 1 aliphatic heterocycles. The number of halogens is 1. The van der Waals surface area contributed by atoms with Gasteiger partial charge in [-0.2, -0.15) is 0 Å². The summed E-state index contributed by atoms with van der Waals surface area (Å²) < 4.78 is 8.90. The highest BCUT2D eigenvalue weighted by atomic mass is 79.9. The van der Waals surface area contributed by atoms with Crippen molar-refractivity contribution < 1.29 is 4.74 Å². The van der Waals surface area contributed by atoms with Crippen LogP contribution in [0.5, 0.6) is 5.75 Å². The van der Waals surface area contributed by atoms with E-state index >= 15 is 0 Å². The number of aromatic nitrogens is 2. The molecule has 0 aliphatic carbocycles. The first-order chi connectivity index (χ1) is 10.2. The van der Waals surface area contributed by atoms with E-state index in [0.717, 1.165) is 47.0 Å². The Morgan fingerprint density at radius 2 is 2.38 bits per heavy atom. The number of fused-ring (bicyclic) bond motifs is 1. The molecule has 2 heterocycles. The van der Waals surface area contributed by atoms with Crippen LogP contribution in [0.1, 0.15) is 16.8 Å². The summed E-state index contributed by atoms with van der Waals surface area (Å²) in [6.07, 6.45) is 4.87. The number of hydrogen-bond donors (Lipinski definition) is 1. The molecule has 0 amide bonds. The molecule has 2 aromatic rings. The Hall–Kier alpha value is -1.75. The van der Waals surface area contributed by atoms with Crippen molar-refractivity contribution in [1.29, 1.82) is 0 Å². The maximum Gasteiger partial charge on any atom is 0.203 e. The van der Waals surface area contributed by atoms with Gasteiger partial charge in [-0.3, -0.25) is 0 Å². The lowest BCUT2D eigenvalue weighted by molar-refractivity contribution is 0.354. The van der Waals surface area contributed by atoms with Crippen LogP contribution in [0.25, 0.3) is 0 Å². The van der Waals surface area contributed by atoms with Crippen LogP contribution in [0.2, 0.25) is 0 Å². The standard InChI is InChI=1S/C16H18BrN3O/c1-3-5-20-10-11(2)19-16(20)18-9-13-8-14(17)7-12-4-6-21-15(12)13/h3,7-8,10H,1,4-6,9H2,2H3,(H,18,19). The van der Waals surface area contributed by atoms with Gasteiger partial charge in [0.15, 0.2) is 0 Å². The normalized spacial score (nSPS) is 12.9. The maximum absolute atomic E-state index is 5.75. The highest BCUT2D eigenvalue weighted by Gasteiger charge is 2.17. The van der Waals surface area contributed by atoms with Crippen LogP contribution in [-0.4, -0.2) is 16.2 Å². The number of ether oxygens (including phenoxy) is 1. The molecule has 0 atom stereocenters. The van der Waals surface area contributed by atoms with Gasteiger partial charge in [0.1, 0.15) is 5.75 Å². The number of benzene rings is 1. The third-order valence-electron chi connectivity index (χ3n) is 3.49. The number of imidazole rings is 1. The van der Waals surface area contributed by atoms with Crippen LogP contribution in [0, 0.1) is 6.92 Å². The Morgan fingerprint density at radius 3 is 3.19 bits per heavy atom. The molecule has 0 radical (unpaired) electrons. The smallest absolute Gasteiger partial charge is 0.203 e. The van der Waals surface area contributed by atoms with Gasteiger partial charge < -0.3 is 14.6 Å². The van der Waals surface area contributed by atoms with E-state index in [1.807, 2.05) is 19.2 Å². The highest BCUT2D eigenvalue weighted by molar-refractivity contribution is 9.10. The Bertz CT molecular complexity index is 678. The zero-order chi connectivity index (χ0) is 14.8. The van der Waals surface area contributed by atoms with E-state index in [1.54, 1.807) is 0 Å². The predicted molar refractivity (Wildman–Crippen MR) is 87.8 cm³/mol. The molecule has 3 rings (SSSR count). The lowest BCUT2D eigenvalue weighted by Crippen LogP contribution is -2.07. The molecule has 0 spiro atoms. The Balaban J connectivity index is 1.81. The fourth-order valence-electron chi connectivity index (χ4n) is 2.62. The minimum absolute atomic E-state index is 0.690. The van der Waals surface area contributed by atoms with E-state index in [2.05, 4.69) is 49.5 Å². The lowest BCUT2D eigenvalue weighted by atomic mass is 10.1. The number of nitrogens with one attached hydrogen (secondary N) is 1. The fraction of sp³-hybridized carbons (Fsp3) is 0.312. The largest absolute Gasteiger partial charge is 0.493 e. The molecular formula is C16H18BrN3O. The zero-order valence-electron chi connectivity index (χ0n) is 12.0. The van der Waals surface area contributed by atoms with Gasteiger partial charge in [0.05, 0.1) is 12.3 Å². The van der Waals surface area contributed by atoms with Crippen LogP contribution < -0.4 is 10.1 Å². The van der Waals surface area contributed by atoms with Crippen molar-refractivity contribution in [3.8, 4) is 5.75 Å². The van der Waals surface area contributed by atoms with Crippen LogP contribution in [0.3, 0.4) is 0 Å². The molecule has 1 aliphatic rings. The van der Waals surface area contributed by atoms with E-state index in [9.17, 15) is 0 Å². The van der Waals surface area contributed by atoms with E-state index in [0.29, 0.717) is 6.54 Å². The van der Waals surface area contributed by atoms with E-state index < -0.39 is 0 Å². The summed E-state index contributed by atoms with van der Waals surface area (Å²) in [5, 5.41) is 3.40. The predicted octanol–water partition coefficient (Wildman–Crippen LogP) is 3.69.